The van der Waals surface area contributed by atoms with E-state index in [1.54, 1.807) is 18.0 Å². The van der Waals surface area contributed by atoms with Gasteiger partial charge in [-0.25, -0.2) is 0 Å². The quantitative estimate of drug-likeness (QED) is 0.782. The van der Waals surface area contributed by atoms with Crippen LogP contribution in [0.2, 0.25) is 0 Å². The molecule has 0 N–H and O–H groups in total. The zero-order valence-corrected chi connectivity index (χ0v) is 11.6. The van der Waals surface area contributed by atoms with Gasteiger partial charge in [-0.3, -0.25) is 9.48 Å². The van der Waals surface area contributed by atoms with E-state index in [1.807, 2.05) is 20.8 Å². The van der Waals surface area contributed by atoms with Gasteiger partial charge in [0.05, 0.1) is 10.7 Å². The molecule has 0 saturated carbocycles. The van der Waals surface area contributed by atoms with Gasteiger partial charge in [0.15, 0.2) is 0 Å². The van der Waals surface area contributed by atoms with Crippen LogP contribution in [-0.4, -0.2) is 28.8 Å². The van der Waals surface area contributed by atoms with E-state index >= 15 is 0 Å². The van der Waals surface area contributed by atoms with E-state index < -0.39 is 6.10 Å². The molecule has 0 fully saturated rings. The summed E-state index contributed by atoms with van der Waals surface area (Å²) >= 11 is 3.35. The van der Waals surface area contributed by atoms with E-state index in [0.717, 1.165) is 4.47 Å². The molecule has 16 heavy (non-hydrogen) atoms. The van der Waals surface area contributed by atoms with Crippen molar-refractivity contribution in [3.05, 3.63) is 16.4 Å². The molecule has 0 bridgehead atoms. The minimum atomic E-state index is -0.418. The average molecular weight is 289 g/mol. The van der Waals surface area contributed by atoms with Crippen molar-refractivity contribution in [1.29, 1.82) is 0 Å². The molecule has 0 amide bonds. The van der Waals surface area contributed by atoms with Crippen LogP contribution in [0.1, 0.15) is 31.3 Å². The summed E-state index contributed by atoms with van der Waals surface area (Å²) in [5, 5.41) is 4.12. The molecule has 5 heteroatoms. The summed E-state index contributed by atoms with van der Waals surface area (Å²) in [7, 11) is 1.56. The number of methoxy groups -OCH3 is 1. The normalized spacial score (nSPS) is 13.1. The van der Waals surface area contributed by atoms with Crippen molar-refractivity contribution in [2.75, 3.05) is 7.11 Å². The second kappa shape index (κ2) is 5.59. The fourth-order valence-corrected chi connectivity index (χ4v) is 2.16. The molecule has 0 aliphatic rings. The summed E-state index contributed by atoms with van der Waals surface area (Å²) in [5.41, 5.74) is 0.586. The molecular weight excluding hydrogens is 272 g/mol. The lowest BCUT2D eigenvalue weighted by atomic mass is 10.0. The van der Waals surface area contributed by atoms with Crippen LogP contribution in [0, 0.1) is 5.92 Å². The number of carbonyl (C=O) groups excluding carboxylic acids is 1. The summed E-state index contributed by atoms with van der Waals surface area (Å²) < 4.78 is 7.65. The number of rotatable bonds is 5. The number of hydrogen-bond donors (Lipinski definition) is 0. The van der Waals surface area contributed by atoms with Crippen molar-refractivity contribution in [1.82, 2.24) is 9.78 Å². The van der Waals surface area contributed by atoms with Gasteiger partial charge in [0.25, 0.3) is 0 Å². The van der Waals surface area contributed by atoms with Crippen molar-refractivity contribution in [3.63, 3.8) is 0 Å². The lowest BCUT2D eigenvalue weighted by Crippen LogP contribution is -2.30. The number of halogens is 1. The van der Waals surface area contributed by atoms with Gasteiger partial charge in [0.2, 0.25) is 5.78 Å². The Kier molecular flexibility index (Phi) is 4.68. The summed E-state index contributed by atoms with van der Waals surface area (Å²) in [4.78, 5) is 12.3. The van der Waals surface area contributed by atoms with Gasteiger partial charge in [-0.15, -0.1) is 0 Å². The number of aromatic nitrogens is 2. The molecule has 0 saturated heterocycles. The van der Waals surface area contributed by atoms with Crippen molar-refractivity contribution < 1.29 is 9.53 Å². The molecule has 90 valence electrons. The predicted molar refractivity (Wildman–Crippen MR) is 65.6 cm³/mol. The van der Waals surface area contributed by atoms with Crippen LogP contribution in [0.3, 0.4) is 0 Å². The van der Waals surface area contributed by atoms with E-state index in [9.17, 15) is 4.79 Å². The fourth-order valence-electron chi connectivity index (χ4n) is 1.66. The van der Waals surface area contributed by atoms with Crippen molar-refractivity contribution >= 4 is 21.7 Å². The SMILES string of the molecule is CCn1ncc(Br)c1C(=O)C(OC)C(C)C. The lowest BCUT2D eigenvalue weighted by molar-refractivity contribution is 0.0448. The molecule has 0 aliphatic heterocycles. The fraction of sp³-hybridized carbons (Fsp3) is 0.636. The zero-order valence-electron chi connectivity index (χ0n) is 10.0. The van der Waals surface area contributed by atoms with Gasteiger partial charge in [0, 0.05) is 13.7 Å². The van der Waals surface area contributed by atoms with Crippen LogP contribution in [0.25, 0.3) is 0 Å². The van der Waals surface area contributed by atoms with Gasteiger partial charge in [-0.05, 0) is 28.8 Å². The largest absolute Gasteiger partial charge is 0.373 e. The van der Waals surface area contributed by atoms with E-state index in [-0.39, 0.29) is 11.7 Å². The maximum Gasteiger partial charge on any atom is 0.210 e. The van der Waals surface area contributed by atoms with Crippen LogP contribution >= 0.6 is 15.9 Å². The molecular formula is C11H17BrN2O2. The maximum absolute atomic E-state index is 12.3. The Bertz CT molecular complexity index is 374. The van der Waals surface area contributed by atoms with Gasteiger partial charge >= 0.3 is 0 Å². The van der Waals surface area contributed by atoms with Gasteiger partial charge in [-0.1, -0.05) is 13.8 Å². The highest BCUT2D eigenvalue weighted by molar-refractivity contribution is 9.10. The molecule has 4 nitrogen and oxygen atoms in total. The molecule has 1 unspecified atom stereocenters. The van der Waals surface area contributed by atoms with Gasteiger partial charge in [0.1, 0.15) is 11.8 Å². The van der Waals surface area contributed by atoms with Crippen molar-refractivity contribution in [3.8, 4) is 0 Å². The Hall–Kier alpha value is -0.680. The summed E-state index contributed by atoms with van der Waals surface area (Å²) in [6.07, 6.45) is 1.22. The maximum atomic E-state index is 12.3. The summed E-state index contributed by atoms with van der Waals surface area (Å²) in [5.74, 6) is 0.119. The van der Waals surface area contributed by atoms with E-state index in [0.29, 0.717) is 12.2 Å². The smallest absolute Gasteiger partial charge is 0.210 e. The minimum Gasteiger partial charge on any atom is -0.373 e. The Balaban J connectivity index is 3.07. The summed E-state index contributed by atoms with van der Waals surface area (Å²) in [6, 6.07) is 0. The number of ether oxygens (including phenoxy) is 1. The van der Waals surface area contributed by atoms with Gasteiger partial charge < -0.3 is 4.74 Å². The second-order valence-electron chi connectivity index (χ2n) is 3.92. The molecule has 1 rings (SSSR count). The molecule has 0 aromatic carbocycles. The lowest BCUT2D eigenvalue weighted by Gasteiger charge is -2.18. The van der Waals surface area contributed by atoms with Crippen LogP contribution < -0.4 is 0 Å². The molecule has 0 radical (unpaired) electrons. The molecule has 1 aromatic rings. The van der Waals surface area contributed by atoms with E-state index in [2.05, 4.69) is 21.0 Å². The highest BCUT2D eigenvalue weighted by Gasteiger charge is 2.27. The number of Topliss-reactive ketones (excluding diaryl/α,β-unsaturated/α-hetero) is 1. The van der Waals surface area contributed by atoms with Crippen LogP contribution in [0.4, 0.5) is 0 Å². The molecule has 1 heterocycles. The van der Waals surface area contributed by atoms with Crippen LogP contribution in [0.5, 0.6) is 0 Å². The molecule has 1 aromatic heterocycles. The standard InChI is InChI=1S/C11H17BrN2O2/c1-5-14-9(8(12)6-13-14)10(15)11(16-4)7(2)3/h6-7,11H,5H2,1-4H3. The third-order valence-electron chi connectivity index (χ3n) is 2.45. The Morgan fingerprint density at radius 1 is 1.62 bits per heavy atom. The summed E-state index contributed by atoms with van der Waals surface area (Å²) in [6.45, 7) is 6.55. The number of aryl methyl sites for hydroxylation is 1. The van der Waals surface area contributed by atoms with Gasteiger partial charge in [-0.2, -0.15) is 5.10 Å². The zero-order chi connectivity index (χ0) is 12.3. The van der Waals surface area contributed by atoms with Crippen molar-refractivity contribution in [2.24, 2.45) is 5.92 Å². The number of hydrogen-bond acceptors (Lipinski definition) is 3. The Labute approximate surface area is 104 Å². The highest BCUT2D eigenvalue weighted by atomic mass is 79.9. The number of ketones is 1. The minimum absolute atomic E-state index is 0.0243. The first-order valence-corrected chi connectivity index (χ1v) is 6.10. The monoisotopic (exact) mass is 288 g/mol. The number of nitrogens with zero attached hydrogens (tertiary/aromatic N) is 2. The first-order chi connectivity index (χ1) is 7.52. The molecule has 0 aliphatic carbocycles. The Morgan fingerprint density at radius 3 is 2.69 bits per heavy atom. The molecule has 0 spiro atoms. The van der Waals surface area contributed by atoms with E-state index in [4.69, 9.17) is 4.74 Å². The highest BCUT2D eigenvalue weighted by Crippen LogP contribution is 2.21. The van der Waals surface area contributed by atoms with Crippen LogP contribution in [0.15, 0.2) is 10.7 Å². The first-order valence-electron chi connectivity index (χ1n) is 5.31. The topological polar surface area (TPSA) is 44.1 Å². The number of carbonyl (C=O) groups is 1. The second-order valence-corrected chi connectivity index (χ2v) is 4.78. The average Bonchev–Trinajstić information content (AvgIpc) is 2.59. The predicted octanol–water partition coefficient (Wildman–Crippen LogP) is 2.52. The Morgan fingerprint density at radius 2 is 2.25 bits per heavy atom. The third kappa shape index (κ3) is 2.52. The third-order valence-corrected chi connectivity index (χ3v) is 3.03. The van der Waals surface area contributed by atoms with Crippen molar-refractivity contribution in [2.45, 2.75) is 33.4 Å². The molecule has 1 atom stereocenters. The van der Waals surface area contributed by atoms with Crippen LogP contribution in [-0.2, 0) is 11.3 Å². The first kappa shape index (κ1) is 13.4. The van der Waals surface area contributed by atoms with E-state index in [1.165, 1.54) is 0 Å².